The molecular formula is C16H17N7. The number of aromatic nitrogens is 5. The van der Waals surface area contributed by atoms with Gasteiger partial charge in [-0.3, -0.25) is 9.69 Å². The van der Waals surface area contributed by atoms with Crippen LogP contribution in [0, 0.1) is 0 Å². The number of nitrogens with zero attached hydrogens (tertiary/aromatic N) is 7. The second-order valence-corrected chi connectivity index (χ2v) is 5.67. The van der Waals surface area contributed by atoms with Crippen LogP contribution in [0.1, 0.15) is 23.6 Å². The van der Waals surface area contributed by atoms with Crippen molar-refractivity contribution in [3.63, 3.8) is 0 Å². The zero-order chi connectivity index (χ0) is 15.8. The Labute approximate surface area is 133 Å². The standard InChI is InChI=1S/C16H17N7/c1-21-9-13(8-18-21)16-7-15(20-22(16)2)12-3-5-14(6-4-12)23-11-17-10-19-23/h3-6,8-11,16H,7H2,1-2H3. The van der Waals surface area contributed by atoms with E-state index in [4.69, 9.17) is 5.10 Å². The Hall–Kier alpha value is -2.96. The zero-order valence-electron chi connectivity index (χ0n) is 13.0. The maximum Gasteiger partial charge on any atom is 0.138 e. The van der Waals surface area contributed by atoms with Gasteiger partial charge in [0.25, 0.3) is 0 Å². The molecule has 0 bridgehead atoms. The Kier molecular flexibility index (Phi) is 3.18. The van der Waals surface area contributed by atoms with E-state index in [9.17, 15) is 0 Å². The van der Waals surface area contributed by atoms with E-state index >= 15 is 0 Å². The van der Waals surface area contributed by atoms with Crippen molar-refractivity contribution in [3.8, 4) is 5.69 Å². The van der Waals surface area contributed by atoms with E-state index < -0.39 is 0 Å². The van der Waals surface area contributed by atoms with E-state index in [1.807, 2.05) is 48.3 Å². The minimum Gasteiger partial charge on any atom is -0.292 e. The van der Waals surface area contributed by atoms with Crippen molar-refractivity contribution in [2.75, 3.05) is 7.05 Å². The van der Waals surface area contributed by atoms with Gasteiger partial charge >= 0.3 is 0 Å². The number of hydrogen-bond donors (Lipinski definition) is 0. The third-order valence-electron chi connectivity index (χ3n) is 4.11. The average molecular weight is 307 g/mol. The second-order valence-electron chi connectivity index (χ2n) is 5.67. The van der Waals surface area contributed by atoms with Crippen LogP contribution in [-0.2, 0) is 7.05 Å². The molecule has 116 valence electrons. The summed E-state index contributed by atoms with van der Waals surface area (Å²) in [5.74, 6) is 0. The van der Waals surface area contributed by atoms with Crippen molar-refractivity contribution in [3.05, 3.63) is 60.4 Å². The molecule has 2 aromatic heterocycles. The molecule has 1 atom stereocenters. The van der Waals surface area contributed by atoms with Gasteiger partial charge in [-0.1, -0.05) is 12.1 Å². The number of hydrogen-bond acceptors (Lipinski definition) is 5. The van der Waals surface area contributed by atoms with Crippen LogP contribution in [0.2, 0.25) is 0 Å². The molecule has 0 aliphatic carbocycles. The Bertz CT molecular complexity index is 830. The van der Waals surface area contributed by atoms with Crippen molar-refractivity contribution < 1.29 is 0 Å². The first-order valence-electron chi connectivity index (χ1n) is 7.45. The van der Waals surface area contributed by atoms with Gasteiger partial charge in [0.15, 0.2) is 0 Å². The predicted molar refractivity (Wildman–Crippen MR) is 86.2 cm³/mol. The summed E-state index contributed by atoms with van der Waals surface area (Å²) in [6.07, 6.45) is 8.06. The van der Waals surface area contributed by atoms with Crippen LogP contribution >= 0.6 is 0 Å². The highest BCUT2D eigenvalue weighted by molar-refractivity contribution is 6.01. The van der Waals surface area contributed by atoms with Crippen molar-refractivity contribution in [2.45, 2.75) is 12.5 Å². The summed E-state index contributed by atoms with van der Waals surface area (Å²) < 4.78 is 3.57. The summed E-state index contributed by atoms with van der Waals surface area (Å²) >= 11 is 0. The van der Waals surface area contributed by atoms with Crippen LogP contribution < -0.4 is 0 Å². The lowest BCUT2D eigenvalue weighted by Gasteiger charge is -2.16. The highest BCUT2D eigenvalue weighted by Gasteiger charge is 2.27. The fraction of sp³-hybridized carbons (Fsp3) is 0.250. The van der Waals surface area contributed by atoms with Gasteiger partial charge in [0.05, 0.1) is 23.6 Å². The lowest BCUT2D eigenvalue weighted by atomic mass is 10.0. The molecule has 7 nitrogen and oxygen atoms in total. The molecule has 1 aliphatic rings. The van der Waals surface area contributed by atoms with Crippen LogP contribution in [0.5, 0.6) is 0 Å². The molecule has 0 spiro atoms. The van der Waals surface area contributed by atoms with Crippen molar-refractivity contribution in [2.24, 2.45) is 12.1 Å². The SMILES string of the molecule is CN1N=C(c2ccc(-n3cncn3)cc2)CC1c1cnn(C)c1. The third kappa shape index (κ3) is 2.50. The van der Waals surface area contributed by atoms with E-state index in [1.54, 1.807) is 11.0 Å². The topological polar surface area (TPSA) is 64.1 Å². The normalized spacial score (nSPS) is 17.6. The summed E-state index contributed by atoms with van der Waals surface area (Å²) in [7, 11) is 3.94. The number of aryl methyl sites for hydroxylation is 1. The molecule has 7 heteroatoms. The van der Waals surface area contributed by atoms with Crippen LogP contribution in [-0.4, -0.2) is 42.3 Å². The molecule has 0 fully saturated rings. The summed E-state index contributed by atoms with van der Waals surface area (Å²) in [6.45, 7) is 0. The Morgan fingerprint density at radius 2 is 1.91 bits per heavy atom. The molecule has 23 heavy (non-hydrogen) atoms. The molecular weight excluding hydrogens is 290 g/mol. The molecule has 0 N–H and O–H groups in total. The maximum atomic E-state index is 4.70. The number of benzene rings is 1. The molecule has 0 radical (unpaired) electrons. The smallest absolute Gasteiger partial charge is 0.138 e. The molecule has 0 saturated heterocycles. The van der Waals surface area contributed by atoms with Gasteiger partial charge in [0.2, 0.25) is 0 Å². The lowest BCUT2D eigenvalue weighted by Crippen LogP contribution is -2.13. The van der Waals surface area contributed by atoms with Gasteiger partial charge in [-0.2, -0.15) is 15.3 Å². The minimum absolute atomic E-state index is 0.244. The molecule has 3 heterocycles. The van der Waals surface area contributed by atoms with Crippen molar-refractivity contribution in [1.29, 1.82) is 0 Å². The monoisotopic (exact) mass is 307 g/mol. The summed E-state index contributed by atoms with van der Waals surface area (Å²) in [5.41, 5.74) is 4.40. The largest absolute Gasteiger partial charge is 0.292 e. The average Bonchev–Trinajstić information content (AvgIpc) is 3.28. The molecule has 0 saturated carbocycles. The molecule has 1 aromatic carbocycles. The molecule has 1 unspecified atom stereocenters. The number of hydrazone groups is 1. The highest BCUT2D eigenvalue weighted by Crippen LogP contribution is 2.30. The Morgan fingerprint density at radius 1 is 1.09 bits per heavy atom. The first kappa shape index (κ1) is 13.7. The summed E-state index contributed by atoms with van der Waals surface area (Å²) in [6, 6.07) is 8.46. The van der Waals surface area contributed by atoms with Gasteiger partial charge < -0.3 is 0 Å². The van der Waals surface area contributed by atoms with Crippen molar-refractivity contribution in [1.82, 2.24) is 29.6 Å². The molecule has 3 aromatic rings. The molecule has 0 amide bonds. The Balaban J connectivity index is 1.56. The van der Waals surface area contributed by atoms with Gasteiger partial charge in [-0.25, -0.2) is 9.67 Å². The van der Waals surface area contributed by atoms with E-state index in [-0.39, 0.29) is 6.04 Å². The second kappa shape index (κ2) is 5.35. The van der Waals surface area contributed by atoms with Gasteiger partial charge in [0.1, 0.15) is 12.7 Å². The number of rotatable bonds is 3. The van der Waals surface area contributed by atoms with Gasteiger partial charge in [-0.15, -0.1) is 0 Å². The Morgan fingerprint density at radius 3 is 2.57 bits per heavy atom. The highest BCUT2D eigenvalue weighted by atomic mass is 15.5. The summed E-state index contributed by atoms with van der Waals surface area (Å²) in [5, 5.41) is 15.1. The molecule has 4 rings (SSSR count). The fourth-order valence-electron chi connectivity index (χ4n) is 2.89. The van der Waals surface area contributed by atoms with Crippen LogP contribution in [0.25, 0.3) is 5.69 Å². The lowest BCUT2D eigenvalue weighted by molar-refractivity contribution is 0.290. The van der Waals surface area contributed by atoms with E-state index in [0.717, 1.165) is 23.4 Å². The van der Waals surface area contributed by atoms with Crippen LogP contribution in [0.3, 0.4) is 0 Å². The van der Waals surface area contributed by atoms with Gasteiger partial charge in [0, 0.05) is 32.3 Å². The van der Waals surface area contributed by atoms with Crippen LogP contribution in [0.15, 0.2) is 54.4 Å². The first-order valence-corrected chi connectivity index (χ1v) is 7.45. The van der Waals surface area contributed by atoms with Crippen LogP contribution in [0.4, 0.5) is 0 Å². The molecule has 1 aliphatic heterocycles. The minimum atomic E-state index is 0.244. The predicted octanol–water partition coefficient (Wildman–Crippen LogP) is 1.78. The maximum absolute atomic E-state index is 4.70. The van der Waals surface area contributed by atoms with Gasteiger partial charge in [-0.05, 0) is 17.7 Å². The third-order valence-corrected chi connectivity index (χ3v) is 4.11. The van der Waals surface area contributed by atoms with E-state index in [0.29, 0.717) is 0 Å². The zero-order valence-corrected chi connectivity index (χ0v) is 13.0. The first-order chi connectivity index (χ1) is 11.2. The fourth-order valence-corrected chi connectivity index (χ4v) is 2.89. The summed E-state index contributed by atoms with van der Waals surface area (Å²) in [4.78, 5) is 3.97. The quantitative estimate of drug-likeness (QED) is 0.740. The van der Waals surface area contributed by atoms with E-state index in [2.05, 4.69) is 27.3 Å². The van der Waals surface area contributed by atoms with E-state index in [1.165, 1.54) is 11.9 Å². The van der Waals surface area contributed by atoms with Crippen molar-refractivity contribution >= 4 is 5.71 Å².